The highest BCUT2D eigenvalue weighted by Gasteiger charge is 2.49. The van der Waals surface area contributed by atoms with Crippen molar-refractivity contribution in [3.8, 4) is 23.1 Å². The van der Waals surface area contributed by atoms with Crippen molar-refractivity contribution in [3.05, 3.63) is 47.8 Å². The van der Waals surface area contributed by atoms with Gasteiger partial charge in [-0.15, -0.1) is 5.10 Å². The number of carbonyl (C=O) groups excluding carboxylic acids is 1. The molecule has 2 heterocycles. The van der Waals surface area contributed by atoms with Gasteiger partial charge in [0.2, 0.25) is 0 Å². The molecular formula is C22H22N4O3. The van der Waals surface area contributed by atoms with Crippen molar-refractivity contribution in [1.29, 1.82) is 5.26 Å². The average molecular weight is 390 g/mol. The van der Waals surface area contributed by atoms with Crippen molar-refractivity contribution in [3.63, 3.8) is 0 Å². The molecule has 2 aromatic heterocycles. The summed E-state index contributed by atoms with van der Waals surface area (Å²) in [7, 11) is 1.59. The number of ether oxygens (including phenoxy) is 2. The second-order valence-corrected chi connectivity index (χ2v) is 7.69. The zero-order valence-electron chi connectivity index (χ0n) is 16.7. The smallest absolute Gasteiger partial charge is 0.308 e. The Hall–Kier alpha value is -3.40. The van der Waals surface area contributed by atoms with Gasteiger partial charge in [0, 0.05) is 5.56 Å². The Kier molecular flexibility index (Phi) is 4.71. The second kappa shape index (κ2) is 7.21. The van der Waals surface area contributed by atoms with Crippen LogP contribution in [-0.4, -0.2) is 34.3 Å². The van der Waals surface area contributed by atoms with Crippen LogP contribution in [0.25, 0.3) is 16.9 Å². The second-order valence-electron chi connectivity index (χ2n) is 7.69. The molecule has 1 aliphatic rings. The van der Waals surface area contributed by atoms with Crippen LogP contribution >= 0.6 is 0 Å². The number of aromatic nitrogens is 3. The molecule has 1 fully saturated rings. The quantitative estimate of drug-likeness (QED) is 0.599. The highest BCUT2D eigenvalue weighted by Crippen LogP contribution is 2.47. The molecule has 7 heteroatoms. The summed E-state index contributed by atoms with van der Waals surface area (Å²) < 4.78 is 12.7. The zero-order valence-corrected chi connectivity index (χ0v) is 16.7. The molecule has 1 aliphatic carbocycles. The Bertz CT molecular complexity index is 1120. The fraction of sp³-hybridized carbons (Fsp3) is 0.364. The van der Waals surface area contributed by atoms with E-state index in [1.165, 1.54) is 0 Å². The molecule has 0 N–H and O–H groups in total. The van der Waals surface area contributed by atoms with E-state index in [2.05, 4.69) is 6.07 Å². The van der Waals surface area contributed by atoms with Crippen LogP contribution in [0.2, 0.25) is 0 Å². The third-order valence-corrected chi connectivity index (χ3v) is 5.25. The average Bonchev–Trinajstić information content (AvgIpc) is 3.40. The molecule has 148 valence electrons. The maximum atomic E-state index is 11.9. The van der Waals surface area contributed by atoms with Crippen LogP contribution in [0, 0.1) is 17.2 Å². The van der Waals surface area contributed by atoms with Crippen LogP contribution in [0.5, 0.6) is 5.75 Å². The lowest BCUT2D eigenvalue weighted by Gasteiger charge is -2.13. The van der Waals surface area contributed by atoms with E-state index in [0.717, 1.165) is 24.1 Å². The van der Waals surface area contributed by atoms with E-state index in [0.29, 0.717) is 22.8 Å². The van der Waals surface area contributed by atoms with Gasteiger partial charge in [-0.1, -0.05) is 26.0 Å². The molecule has 0 bridgehead atoms. The van der Waals surface area contributed by atoms with Crippen molar-refractivity contribution in [2.75, 3.05) is 13.7 Å². The van der Waals surface area contributed by atoms with Gasteiger partial charge < -0.3 is 9.47 Å². The topological polar surface area (TPSA) is 89.5 Å². The Balaban J connectivity index is 1.76. The number of fused-ring (bicyclic) bond motifs is 1. The van der Waals surface area contributed by atoms with Crippen LogP contribution < -0.4 is 4.74 Å². The number of hydrogen-bond donors (Lipinski definition) is 0. The Morgan fingerprint density at radius 1 is 1.31 bits per heavy atom. The molecule has 0 aliphatic heterocycles. The minimum absolute atomic E-state index is 0.168. The van der Waals surface area contributed by atoms with E-state index in [1.54, 1.807) is 17.7 Å². The number of methoxy groups -OCH3 is 1. The van der Waals surface area contributed by atoms with Crippen molar-refractivity contribution in [2.45, 2.75) is 32.1 Å². The molecule has 0 saturated heterocycles. The molecule has 7 nitrogen and oxygen atoms in total. The predicted molar refractivity (Wildman–Crippen MR) is 106 cm³/mol. The molecule has 1 saturated carbocycles. The maximum Gasteiger partial charge on any atom is 0.308 e. The first-order valence-electron chi connectivity index (χ1n) is 9.59. The van der Waals surface area contributed by atoms with Crippen molar-refractivity contribution < 1.29 is 14.3 Å². The molecule has 1 aromatic carbocycles. The summed E-state index contributed by atoms with van der Waals surface area (Å²) in [6.45, 7) is 3.91. The largest absolute Gasteiger partial charge is 0.493 e. The van der Waals surface area contributed by atoms with Gasteiger partial charge >= 0.3 is 5.97 Å². The van der Waals surface area contributed by atoms with Gasteiger partial charge in [-0.25, -0.2) is 9.50 Å². The van der Waals surface area contributed by atoms with Gasteiger partial charge in [0.1, 0.15) is 6.61 Å². The number of hydrogen-bond acceptors (Lipinski definition) is 6. The first-order valence-corrected chi connectivity index (χ1v) is 9.59. The van der Waals surface area contributed by atoms with Gasteiger partial charge in [0.15, 0.2) is 17.2 Å². The van der Waals surface area contributed by atoms with Crippen molar-refractivity contribution >= 4 is 11.6 Å². The summed E-state index contributed by atoms with van der Waals surface area (Å²) in [5, 5.41) is 14.0. The normalized spacial score (nSPS) is 14.6. The van der Waals surface area contributed by atoms with E-state index in [9.17, 15) is 10.1 Å². The minimum Gasteiger partial charge on any atom is -0.493 e. The van der Waals surface area contributed by atoms with Crippen LogP contribution in [0.15, 0.2) is 36.4 Å². The number of pyridine rings is 1. The van der Waals surface area contributed by atoms with Gasteiger partial charge in [-0.05, 0) is 37.1 Å². The molecule has 4 rings (SSSR count). The fourth-order valence-corrected chi connectivity index (χ4v) is 3.25. The summed E-state index contributed by atoms with van der Waals surface area (Å²) in [4.78, 5) is 16.6. The van der Waals surface area contributed by atoms with Crippen LogP contribution in [0.1, 0.15) is 38.1 Å². The summed E-state index contributed by atoms with van der Waals surface area (Å²) in [5.41, 5.74) is 2.51. The van der Waals surface area contributed by atoms with E-state index in [4.69, 9.17) is 19.6 Å². The van der Waals surface area contributed by atoms with Crippen LogP contribution in [-0.2, 0) is 14.9 Å². The van der Waals surface area contributed by atoms with Crippen molar-refractivity contribution in [1.82, 2.24) is 14.6 Å². The molecular weight excluding hydrogens is 368 g/mol. The number of esters is 1. The number of rotatable bonds is 6. The number of nitrogens with zero attached hydrogens (tertiary/aromatic N) is 4. The lowest BCUT2D eigenvalue weighted by Crippen LogP contribution is -2.22. The van der Waals surface area contributed by atoms with Gasteiger partial charge in [-0.2, -0.15) is 5.26 Å². The molecule has 0 unspecified atom stereocenters. The molecule has 0 radical (unpaired) electrons. The lowest BCUT2D eigenvalue weighted by molar-refractivity contribution is -0.148. The summed E-state index contributed by atoms with van der Waals surface area (Å²) >= 11 is 0. The minimum atomic E-state index is -0.340. The fourth-order valence-electron chi connectivity index (χ4n) is 3.25. The van der Waals surface area contributed by atoms with Gasteiger partial charge in [-0.3, -0.25) is 4.79 Å². The van der Waals surface area contributed by atoms with Gasteiger partial charge in [0.25, 0.3) is 0 Å². The Morgan fingerprint density at radius 3 is 2.76 bits per heavy atom. The number of benzene rings is 1. The monoisotopic (exact) mass is 390 g/mol. The summed E-state index contributed by atoms with van der Waals surface area (Å²) in [5.74, 6) is 0.876. The summed E-state index contributed by atoms with van der Waals surface area (Å²) in [6.07, 6.45) is 1.74. The molecule has 0 spiro atoms. The van der Waals surface area contributed by atoms with Crippen LogP contribution in [0.3, 0.4) is 0 Å². The van der Waals surface area contributed by atoms with E-state index >= 15 is 0 Å². The summed E-state index contributed by atoms with van der Waals surface area (Å²) in [6, 6.07) is 13.3. The third-order valence-electron chi connectivity index (χ3n) is 5.25. The first-order chi connectivity index (χ1) is 14.0. The molecule has 0 atom stereocenters. The Morgan fingerprint density at radius 2 is 2.10 bits per heavy atom. The molecule has 0 amide bonds. The standard InChI is InChI=1S/C22H22N4O3/c1-14(2)20(27)29-13-22(9-10-22)21-24-19-18(28-3)8-7-17(26(19)25-21)16-6-4-5-15(11-16)12-23/h4-8,11,14H,9-10,13H2,1-3H3. The Labute approximate surface area is 168 Å². The first kappa shape index (κ1) is 18.9. The lowest BCUT2D eigenvalue weighted by atomic mass is 10.1. The SMILES string of the molecule is COc1ccc(-c2cccc(C#N)c2)n2nc(C3(COC(=O)C(C)C)CC3)nc12. The zero-order chi connectivity index (χ0) is 20.6. The van der Waals surface area contributed by atoms with E-state index < -0.39 is 0 Å². The van der Waals surface area contributed by atoms with Crippen molar-refractivity contribution in [2.24, 2.45) is 5.92 Å². The highest BCUT2D eigenvalue weighted by atomic mass is 16.5. The van der Waals surface area contributed by atoms with E-state index in [-0.39, 0.29) is 23.9 Å². The molecule has 29 heavy (non-hydrogen) atoms. The number of carbonyl (C=O) groups is 1. The maximum absolute atomic E-state index is 11.9. The highest BCUT2D eigenvalue weighted by molar-refractivity contribution is 5.71. The number of nitriles is 1. The third kappa shape index (κ3) is 3.42. The predicted octanol–water partition coefficient (Wildman–Crippen LogP) is 3.51. The van der Waals surface area contributed by atoms with E-state index in [1.807, 2.05) is 44.2 Å². The molecule has 3 aromatic rings. The van der Waals surface area contributed by atoms with Gasteiger partial charge in [0.05, 0.1) is 35.8 Å². The van der Waals surface area contributed by atoms with Crippen LogP contribution in [0.4, 0.5) is 0 Å².